The van der Waals surface area contributed by atoms with Crippen molar-refractivity contribution in [1.82, 2.24) is 4.90 Å². The number of carboxylic acid groups (broad SMARTS) is 1. The third kappa shape index (κ3) is 1.77. The number of Topliss-reactive ketones (excluding diaryl/α,β-unsaturated/α-hetero) is 1. The summed E-state index contributed by atoms with van der Waals surface area (Å²) in [4.78, 5) is 22.7. The Morgan fingerprint density at radius 2 is 2.33 bits per heavy atom. The van der Waals surface area contributed by atoms with Crippen molar-refractivity contribution in [2.75, 3.05) is 6.54 Å². The largest absolute Gasteiger partial charge is 0.465 e. The van der Waals surface area contributed by atoms with Crippen LogP contribution >= 0.6 is 15.9 Å². The Labute approximate surface area is 78.7 Å². The van der Waals surface area contributed by atoms with E-state index in [0.717, 1.165) is 0 Å². The second kappa shape index (κ2) is 3.43. The molecular weight excluding hydrogens is 226 g/mol. The summed E-state index contributed by atoms with van der Waals surface area (Å²) >= 11 is 3.14. The van der Waals surface area contributed by atoms with Crippen molar-refractivity contribution >= 4 is 27.8 Å². The Balaban J connectivity index is 2.67. The average Bonchev–Trinajstić information content (AvgIpc) is 1.96. The van der Waals surface area contributed by atoms with Gasteiger partial charge in [0.25, 0.3) is 0 Å². The summed E-state index contributed by atoms with van der Waals surface area (Å²) in [5, 5.41) is 8.71. The molecule has 1 aliphatic rings. The molecule has 1 heterocycles. The average molecular weight is 236 g/mol. The minimum Gasteiger partial charge on any atom is -0.465 e. The fourth-order valence-electron chi connectivity index (χ4n) is 1.25. The van der Waals surface area contributed by atoms with E-state index < -0.39 is 6.09 Å². The molecule has 0 spiro atoms. The van der Waals surface area contributed by atoms with Gasteiger partial charge in [0.2, 0.25) is 0 Å². The van der Waals surface area contributed by atoms with Gasteiger partial charge in [-0.05, 0) is 6.92 Å². The maximum Gasteiger partial charge on any atom is 0.407 e. The summed E-state index contributed by atoms with van der Waals surface area (Å²) in [5.41, 5.74) is 0. The molecule has 0 bridgehead atoms. The molecule has 1 fully saturated rings. The van der Waals surface area contributed by atoms with Crippen molar-refractivity contribution in [2.45, 2.75) is 24.2 Å². The molecule has 2 atom stereocenters. The van der Waals surface area contributed by atoms with Crippen LogP contribution in [0.3, 0.4) is 0 Å². The van der Waals surface area contributed by atoms with Crippen LogP contribution in [-0.4, -0.2) is 39.3 Å². The van der Waals surface area contributed by atoms with Gasteiger partial charge in [0.15, 0.2) is 0 Å². The molecule has 0 aliphatic carbocycles. The van der Waals surface area contributed by atoms with Gasteiger partial charge < -0.3 is 10.0 Å². The summed E-state index contributed by atoms with van der Waals surface area (Å²) in [7, 11) is 0. The molecule has 1 saturated heterocycles. The molecular formula is C7H10BrNO3. The van der Waals surface area contributed by atoms with Crippen molar-refractivity contribution in [3.63, 3.8) is 0 Å². The van der Waals surface area contributed by atoms with Crippen molar-refractivity contribution in [2.24, 2.45) is 0 Å². The number of piperidine rings is 1. The fourth-order valence-corrected chi connectivity index (χ4v) is 1.75. The van der Waals surface area contributed by atoms with E-state index in [1.807, 2.05) is 0 Å². The highest BCUT2D eigenvalue weighted by Crippen LogP contribution is 2.18. The Morgan fingerprint density at radius 3 is 2.83 bits per heavy atom. The summed E-state index contributed by atoms with van der Waals surface area (Å²) in [6, 6.07) is -0.191. The molecule has 0 aromatic heterocycles. The highest BCUT2D eigenvalue weighted by Gasteiger charge is 2.32. The number of likely N-dealkylation sites (tertiary alicyclic amines) is 1. The lowest BCUT2D eigenvalue weighted by atomic mass is 10.0. The molecule has 1 rings (SSSR count). The van der Waals surface area contributed by atoms with Crippen LogP contribution in [0.15, 0.2) is 0 Å². The fraction of sp³-hybridized carbons (Fsp3) is 0.714. The first-order valence-electron chi connectivity index (χ1n) is 3.68. The van der Waals surface area contributed by atoms with Crippen LogP contribution in [0.4, 0.5) is 4.79 Å². The first-order valence-corrected chi connectivity index (χ1v) is 4.60. The van der Waals surface area contributed by atoms with E-state index in [2.05, 4.69) is 15.9 Å². The predicted octanol–water partition coefficient (Wildman–Crippen LogP) is 1.09. The monoisotopic (exact) mass is 235 g/mol. The van der Waals surface area contributed by atoms with Gasteiger partial charge in [-0.25, -0.2) is 4.79 Å². The molecule has 0 saturated carbocycles. The van der Waals surface area contributed by atoms with E-state index >= 15 is 0 Å². The molecule has 1 aliphatic heterocycles. The van der Waals surface area contributed by atoms with Gasteiger partial charge in [-0.15, -0.1) is 0 Å². The number of amides is 1. The number of hydrogen-bond donors (Lipinski definition) is 1. The molecule has 4 nitrogen and oxygen atoms in total. The standard InChI is InChI=1S/C7H10BrNO3/c1-4-2-6(10)5(8)3-9(4)7(11)12/h4-5H,2-3H2,1H3,(H,11,12). The topological polar surface area (TPSA) is 57.6 Å². The lowest BCUT2D eigenvalue weighted by Gasteiger charge is -2.32. The number of alkyl halides is 1. The third-order valence-electron chi connectivity index (χ3n) is 1.98. The molecule has 0 aromatic rings. The van der Waals surface area contributed by atoms with Gasteiger partial charge in [-0.2, -0.15) is 0 Å². The zero-order chi connectivity index (χ0) is 9.30. The van der Waals surface area contributed by atoms with Gasteiger partial charge in [0.05, 0.1) is 4.83 Å². The number of hydrogen-bond acceptors (Lipinski definition) is 2. The first kappa shape index (κ1) is 9.51. The predicted molar refractivity (Wildman–Crippen MR) is 46.5 cm³/mol. The minimum atomic E-state index is -0.959. The number of ketones is 1. The lowest BCUT2D eigenvalue weighted by Crippen LogP contribution is -2.49. The second-order valence-corrected chi connectivity index (χ2v) is 4.03. The highest BCUT2D eigenvalue weighted by molar-refractivity contribution is 9.10. The Bertz CT molecular complexity index is 219. The second-order valence-electron chi connectivity index (χ2n) is 2.92. The van der Waals surface area contributed by atoms with Crippen LogP contribution in [0.2, 0.25) is 0 Å². The zero-order valence-electron chi connectivity index (χ0n) is 6.66. The van der Waals surface area contributed by atoms with Crippen molar-refractivity contribution in [3.05, 3.63) is 0 Å². The van der Waals surface area contributed by atoms with Gasteiger partial charge in [0, 0.05) is 19.0 Å². The number of nitrogens with zero attached hydrogens (tertiary/aromatic N) is 1. The smallest absolute Gasteiger partial charge is 0.407 e. The van der Waals surface area contributed by atoms with Gasteiger partial charge in [0.1, 0.15) is 5.78 Å². The summed E-state index contributed by atoms with van der Waals surface area (Å²) in [6.07, 6.45) is -0.651. The summed E-state index contributed by atoms with van der Waals surface area (Å²) in [5.74, 6) is 0.0833. The molecule has 68 valence electrons. The van der Waals surface area contributed by atoms with E-state index in [4.69, 9.17) is 5.11 Å². The van der Waals surface area contributed by atoms with E-state index in [1.165, 1.54) is 4.90 Å². The Hall–Kier alpha value is -0.580. The van der Waals surface area contributed by atoms with Crippen LogP contribution in [0.1, 0.15) is 13.3 Å². The summed E-state index contributed by atoms with van der Waals surface area (Å²) < 4.78 is 0. The van der Waals surface area contributed by atoms with Gasteiger partial charge in [-0.3, -0.25) is 4.79 Å². The third-order valence-corrected chi connectivity index (χ3v) is 2.78. The highest BCUT2D eigenvalue weighted by atomic mass is 79.9. The van der Waals surface area contributed by atoms with Crippen LogP contribution in [-0.2, 0) is 4.79 Å². The van der Waals surface area contributed by atoms with Gasteiger partial charge >= 0.3 is 6.09 Å². The van der Waals surface area contributed by atoms with Crippen LogP contribution in [0, 0.1) is 0 Å². The quantitative estimate of drug-likeness (QED) is 0.640. The molecule has 12 heavy (non-hydrogen) atoms. The Kier molecular flexibility index (Phi) is 2.72. The van der Waals surface area contributed by atoms with Crippen LogP contribution < -0.4 is 0 Å². The van der Waals surface area contributed by atoms with Crippen molar-refractivity contribution in [3.8, 4) is 0 Å². The molecule has 1 N–H and O–H groups in total. The summed E-state index contributed by atoms with van der Waals surface area (Å²) in [6.45, 7) is 2.00. The molecule has 5 heteroatoms. The number of halogens is 1. The van der Waals surface area contributed by atoms with E-state index in [9.17, 15) is 9.59 Å². The van der Waals surface area contributed by atoms with E-state index in [1.54, 1.807) is 6.92 Å². The zero-order valence-corrected chi connectivity index (χ0v) is 8.24. The number of rotatable bonds is 0. The lowest BCUT2D eigenvalue weighted by molar-refractivity contribution is -0.121. The molecule has 0 aromatic carbocycles. The van der Waals surface area contributed by atoms with E-state index in [0.29, 0.717) is 6.42 Å². The minimum absolute atomic E-state index is 0.0833. The Morgan fingerprint density at radius 1 is 1.75 bits per heavy atom. The van der Waals surface area contributed by atoms with Crippen LogP contribution in [0.5, 0.6) is 0 Å². The molecule has 2 unspecified atom stereocenters. The first-order chi connectivity index (χ1) is 5.52. The number of carbonyl (C=O) groups excluding carboxylic acids is 1. The van der Waals surface area contributed by atoms with E-state index in [-0.39, 0.29) is 23.2 Å². The SMILES string of the molecule is CC1CC(=O)C(Br)CN1C(=O)O. The van der Waals surface area contributed by atoms with Crippen molar-refractivity contribution < 1.29 is 14.7 Å². The molecule has 0 radical (unpaired) electrons. The molecule has 1 amide bonds. The normalized spacial score (nSPS) is 30.5. The van der Waals surface area contributed by atoms with Crippen LogP contribution in [0.25, 0.3) is 0 Å². The van der Waals surface area contributed by atoms with Crippen molar-refractivity contribution in [1.29, 1.82) is 0 Å². The van der Waals surface area contributed by atoms with Gasteiger partial charge in [-0.1, -0.05) is 15.9 Å². The maximum absolute atomic E-state index is 11.1. The number of carbonyl (C=O) groups is 2. The maximum atomic E-state index is 11.1.